The lowest BCUT2D eigenvalue weighted by Crippen LogP contribution is -2.50. The van der Waals surface area contributed by atoms with Crippen molar-refractivity contribution in [1.29, 1.82) is 0 Å². The SMILES string of the molecule is O=C(NOC[C@@H]1C[C@@H](CN2CCNCC2)CN1)C1CCC2CN1C(=O)N2OS(=O)O. The van der Waals surface area contributed by atoms with E-state index in [9.17, 15) is 13.8 Å². The van der Waals surface area contributed by atoms with Crippen molar-refractivity contribution >= 4 is 23.3 Å². The molecule has 0 aromatic heterocycles. The van der Waals surface area contributed by atoms with Gasteiger partial charge in [0.15, 0.2) is 0 Å². The van der Waals surface area contributed by atoms with E-state index in [4.69, 9.17) is 9.39 Å². The van der Waals surface area contributed by atoms with E-state index in [0.717, 1.165) is 50.8 Å². The van der Waals surface area contributed by atoms with Crippen molar-refractivity contribution in [2.24, 2.45) is 5.92 Å². The maximum atomic E-state index is 12.5. The van der Waals surface area contributed by atoms with Gasteiger partial charge in [-0.2, -0.15) is 9.27 Å². The standard InChI is InChI=1S/C17H30N6O6S/c24-16(15-2-1-14-10-22(15)17(25)23(14)29-30(26)27)20-28-11-13-7-12(8-19-13)9-21-5-3-18-4-6-21/h12-15,18-19H,1-11H2,(H,20,24)(H,26,27)/t12-,13+,14?,15?/m1/s1. The van der Waals surface area contributed by atoms with Crippen molar-refractivity contribution in [3.8, 4) is 0 Å². The molecule has 4 aliphatic heterocycles. The molecule has 13 heteroatoms. The molecule has 2 bridgehead atoms. The summed E-state index contributed by atoms with van der Waals surface area (Å²) in [7, 11) is 0. The zero-order valence-corrected chi connectivity index (χ0v) is 17.6. The molecule has 4 rings (SSSR count). The van der Waals surface area contributed by atoms with Crippen LogP contribution in [-0.2, 0) is 25.3 Å². The van der Waals surface area contributed by atoms with E-state index in [1.54, 1.807) is 0 Å². The molecule has 4 saturated heterocycles. The second kappa shape index (κ2) is 9.85. The highest BCUT2D eigenvalue weighted by atomic mass is 32.2. The van der Waals surface area contributed by atoms with Gasteiger partial charge in [-0.05, 0) is 31.7 Å². The summed E-state index contributed by atoms with van der Waals surface area (Å²) in [6.45, 7) is 6.93. The summed E-state index contributed by atoms with van der Waals surface area (Å²) in [5, 5.41) is 7.70. The highest BCUT2D eigenvalue weighted by molar-refractivity contribution is 7.74. The van der Waals surface area contributed by atoms with Crippen LogP contribution in [0.3, 0.4) is 0 Å². The molecule has 0 spiro atoms. The number of carbonyl (C=O) groups is 2. The molecule has 0 radical (unpaired) electrons. The van der Waals surface area contributed by atoms with Crippen molar-refractivity contribution in [3.05, 3.63) is 0 Å². The van der Waals surface area contributed by atoms with Gasteiger partial charge < -0.3 is 20.4 Å². The van der Waals surface area contributed by atoms with Gasteiger partial charge in [-0.3, -0.25) is 14.2 Å². The van der Waals surface area contributed by atoms with Crippen LogP contribution in [0.15, 0.2) is 0 Å². The van der Waals surface area contributed by atoms with Gasteiger partial charge >= 0.3 is 17.4 Å². The highest BCUT2D eigenvalue weighted by Gasteiger charge is 2.48. The number of fused-ring (bicyclic) bond motifs is 2. The van der Waals surface area contributed by atoms with Crippen LogP contribution >= 0.6 is 0 Å². The first-order chi connectivity index (χ1) is 14.5. The molecular formula is C17H30N6O6S. The van der Waals surface area contributed by atoms with Crippen molar-refractivity contribution in [2.45, 2.75) is 37.4 Å². The summed E-state index contributed by atoms with van der Waals surface area (Å²) in [4.78, 5) is 34.2. The zero-order chi connectivity index (χ0) is 21.1. The Balaban J connectivity index is 1.17. The smallest absolute Gasteiger partial charge is 0.314 e. The number of piperidine rings is 1. The van der Waals surface area contributed by atoms with E-state index in [2.05, 4.69) is 25.3 Å². The van der Waals surface area contributed by atoms with E-state index in [-0.39, 0.29) is 24.5 Å². The van der Waals surface area contributed by atoms with Gasteiger partial charge in [0.05, 0.1) is 12.6 Å². The summed E-state index contributed by atoms with van der Waals surface area (Å²) in [6, 6.07) is -1.39. The van der Waals surface area contributed by atoms with Crippen LogP contribution in [0.25, 0.3) is 0 Å². The quantitative estimate of drug-likeness (QED) is 0.253. The predicted octanol–water partition coefficient (Wildman–Crippen LogP) is -1.75. The minimum Gasteiger partial charge on any atom is -0.314 e. The monoisotopic (exact) mass is 446 g/mol. The van der Waals surface area contributed by atoms with E-state index in [1.165, 1.54) is 4.90 Å². The molecular weight excluding hydrogens is 416 g/mol. The Kier molecular flexibility index (Phi) is 7.18. The average molecular weight is 447 g/mol. The van der Waals surface area contributed by atoms with Crippen LogP contribution in [0.2, 0.25) is 0 Å². The molecule has 0 aliphatic carbocycles. The molecule has 4 heterocycles. The molecule has 0 aromatic rings. The molecule has 0 aromatic carbocycles. The molecule has 3 amide bonds. The molecule has 5 atom stereocenters. The van der Waals surface area contributed by atoms with Gasteiger partial charge in [0.25, 0.3) is 5.91 Å². The van der Waals surface area contributed by atoms with E-state index in [1.807, 2.05) is 0 Å². The Labute approximate surface area is 178 Å². The van der Waals surface area contributed by atoms with Crippen LogP contribution < -0.4 is 16.1 Å². The number of amides is 3. The first-order valence-electron chi connectivity index (χ1n) is 10.5. The van der Waals surface area contributed by atoms with Crippen molar-refractivity contribution < 1.29 is 27.5 Å². The Morgan fingerprint density at radius 3 is 2.87 bits per heavy atom. The summed E-state index contributed by atoms with van der Waals surface area (Å²) < 4.78 is 24.4. The van der Waals surface area contributed by atoms with E-state index < -0.39 is 23.4 Å². The topological polar surface area (TPSA) is 136 Å². The Hall–Kier alpha value is -1.35. The van der Waals surface area contributed by atoms with Crippen LogP contribution in [-0.4, -0.2) is 106 Å². The van der Waals surface area contributed by atoms with E-state index >= 15 is 0 Å². The summed E-state index contributed by atoms with van der Waals surface area (Å²) >= 11 is -2.58. The number of piperazine rings is 1. The van der Waals surface area contributed by atoms with Crippen molar-refractivity contribution in [2.75, 3.05) is 52.4 Å². The van der Waals surface area contributed by atoms with Crippen molar-refractivity contribution in [1.82, 2.24) is 31.0 Å². The third-order valence-electron chi connectivity index (χ3n) is 6.27. The van der Waals surface area contributed by atoms with Gasteiger partial charge in [0.2, 0.25) is 0 Å². The summed E-state index contributed by atoms with van der Waals surface area (Å²) in [5.74, 6) is 0.192. The number of hydrogen-bond donors (Lipinski definition) is 4. The fraction of sp³-hybridized carbons (Fsp3) is 0.882. The maximum absolute atomic E-state index is 12.5. The van der Waals surface area contributed by atoms with Gasteiger partial charge in [-0.15, -0.1) is 4.28 Å². The van der Waals surface area contributed by atoms with Crippen LogP contribution in [0.1, 0.15) is 19.3 Å². The second-order valence-corrected chi connectivity index (χ2v) is 8.92. The zero-order valence-electron chi connectivity index (χ0n) is 16.8. The number of nitrogens with one attached hydrogen (secondary N) is 3. The lowest BCUT2D eigenvalue weighted by Gasteiger charge is -2.29. The van der Waals surface area contributed by atoms with Gasteiger partial charge in [0.1, 0.15) is 6.04 Å². The molecule has 4 fully saturated rings. The molecule has 0 saturated carbocycles. The molecule has 170 valence electrons. The third kappa shape index (κ3) is 5.10. The average Bonchev–Trinajstić information content (AvgIpc) is 3.27. The molecule has 12 nitrogen and oxygen atoms in total. The number of carbonyl (C=O) groups excluding carboxylic acids is 2. The van der Waals surface area contributed by atoms with Crippen LogP contribution in [0.4, 0.5) is 4.79 Å². The second-order valence-electron chi connectivity index (χ2n) is 8.33. The Morgan fingerprint density at radius 2 is 2.10 bits per heavy atom. The highest BCUT2D eigenvalue weighted by Crippen LogP contribution is 2.30. The first kappa shape index (κ1) is 21.9. The third-order valence-corrected chi connectivity index (χ3v) is 6.55. The number of rotatable bonds is 8. The number of nitrogens with zero attached hydrogens (tertiary/aromatic N) is 3. The fourth-order valence-electron chi connectivity index (χ4n) is 4.78. The normalized spacial score (nSPS) is 33.2. The van der Waals surface area contributed by atoms with Crippen LogP contribution in [0, 0.1) is 5.92 Å². The predicted molar refractivity (Wildman–Crippen MR) is 106 cm³/mol. The minimum atomic E-state index is -2.58. The Bertz CT molecular complexity index is 665. The van der Waals surface area contributed by atoms with Crippen molar-refractivity contribution in [3.63, 3.8) is 0 Å². The Morgan fingerprint density at radius 1 is 1.30 bits per heavy atom. The summed E-state index contributed by atoms with van der Waals surface area (Å²) in [6.07, 6.45) is 1.95. The molecule has 30 heavy (non-hydrogen) atoms. The number of hydroxylamine groups is 3. The fourth-order valence-corrected chi connectivity index (χ4v) is 5.10. The number of urea groups is 1. The minimum absolute atomic E-state index is 0.186. The van der Waals surface area contributed by atoms with Gasteiger partial charge in [-0.1, -0.05) is 0 Å². The van der Waals surface area contributed by atoms with E-state index in [0.29, 0.717) is 25.4 Å². The largest absolute Gasteiger partial charge is 0.346 e. The molecule has 4 aliphatic rings. The summed E-state index contributed by atoms with van der Waals surface area (Å²) in [5.41, 5.74) is 2.47. The van der Waals surface area contributed by atoms with Crippen LogP contribution in [0.5, 0.6) is 0 Å². The van der Waals surface area contributed by atoms with Gasteiger partial charge in [0, 0.05) is 45.3 Å². The molecule has 4 N–H and O–H groups in total. The molecule has 3 unspecified atom stereocenters. The van der Waals surface area contributed by atoms with Gasteiger partial charge in [-0.25, -0.2) is 10.3 Å². The maximum Gasteiger partial charge on any atom is 0.346 e. The first-order valence-corrected chi connectivity index (χ1v) is 11.5. The lowest BCUT2D eigenvalue weighted by molar-refractivity contribution is -0.139. The number of hydrogen-bond acceptors (Lipinski definition) is 8. The lowest BCUT2D eigenvalue weighted by atomic mass is 10.0.